The molecule has 1 radical (unpaired) electrons. The highest BCUT2D eigenvalue weighted by molar-refractivity contribution is 5.82. The molecule has 1 aliphatic heterocycles. The predicted octanol–water partition coefficient (Wildman–Crippen LogP) is -0.707. The lowest BCUT2D eigenvalue weighted by Crippen LogP contribution is -2.21. The third-order valence-corrected chi connectivity index (χ3v) is 0.800. The zero-order chi connectivity index (χ0) is 5.28. The maximum Gasteiger partial charge on any atom is 0.251 e. The van der Waals surface area contributed by atoms with Crippen molar-refractivity contribution in [3.8, 4) is 0 Å². The summed E-state index contributed by atoms with van der Waals surface area (Å²) in [6.07, 6.45) is -0.197. The summed E-state index contributed by atoms with van der Waals surface area (Å²) in [6, 6.07) is 0. The Hall–Kier alpha value is -0.570. The fraction of sp³-hybridized carbons (Fsp3) is 0.500. The van der Waals surface area contributed by atoms with E-state index >= 15 is 0 Å². The fourth-order valence-electron chi connectivity index (χ4n) is 0.313. The van der Waals surface area contributed by atoms with Crippen LogP contribution in [0, 0.1) is 7.05 Å². The number of carbonyl (C=O) groups is 1. The van der Waals surface area contributed by atoms with Gasteiger partial charge in [0.25, 0.3) is 5.91 Å². The van der Waals surface area contributed by atoms with Gasteiger partial charge in [-0.25, -0.2) is 0 Å². The highest BCUT2D eigenvalue weighted by atomic mass is 16.6. The number of nitrogens with one attached hydrogen (secondary N) is 1. The van der Waals surface area contributed by atoms with Crippen molar-refractivity contribution in [3.05, 3.63) is 7.05 Å². The summed E-state index contributed by atoms with van der Waals surface area (Å²) in [5, 5.41) is 2.21. The molecule has 1 saturated heterocycles. The molecule has 3 nitrogen and oxygen atoms in total. The van der Waals surface area contributed by atoms with Gasteiger partial charge < -0.3 is 10.1 Å². The second kappa shape index (κ2) is 1.50. The number of epoxide rings is 1. The van der Waals surface area contributed by atoms with Gasteiger partial charge >= 0.3 is 0 Å². The van der Waals surface area contributed by atoms with E-state index in [9.17, 15) is 4.79 Å². The first kappa shape index (κ1) is 4.59. The molecule has 7 heavy (non-hydrogen) atoms. The molecule has 1 rings (SSSR count). The van der Waals surface area contributed by atoms with Crippen LogP contribution in [0.1, 0.15) is 0 Å². The second-order valence-corrected chi connectivity index (χ2v) is 1.36. The number of ether oxygens (including phenoxy) is 1. The van der Waals surface area contributed by atoms with Crippen LogP contribution in [0.3, 0.4) is 0 Å². The van der Waals surface area contributed by atoms with E-state index in [0.29, 0.717) is 6.61 Å². The molecule has 0 aromatic rings. The van der Waals surface area contributed by atoms with Crippen LogP contribution in [0.2, 0.25) is 0 Å². The number of rotatable bonds is 1. The van der Waals surface area contributed by atoms with E-state index in [4.69, 9.17) is 0 Å². The van der Waals surface area contributed by atoms with Crippen molar-refractivity contribution in [1.82, 2.24) is 5.32 Å². The Morgan fingerprint density at radius 2 is 2.57 bits per heavy atom. The Labute approximate surface area is 41.7 Å². The molecule has 1 N–H and O–H groups in total. The third kappa shape index (κ3) is 0.899. The summed E-state index contributed by atoms with van der Waals surface area (Å²) in [6.45, 7) is 0.557. The van der Waals surface area contributed by atoms with Crippen molar-refractivity contribution in [2.45, 2.75) is 6.10 Å². The van der Waals surface area contributed by atoms with E-state index in [1.807, 2.05) is 0 Å². The molecular weight excluding hydrogens is 94.0 g/mol. The molecule has 1 atom stereocenters. The number of hydrogen-bond donors (Lipinski definition) is 1. The van der Waals surface area contributed by atoms with Gasteiger partial charge in [0.1, 0.15) is 0 Å². The van der Waals surface area contributed by atoms with Crippen LogP contribution in [-0.2, 0) is 9.53 Å². The van der Waals surface area contributed by atoms with Crippen molar-refractivity contribution in [3.63, 3.8) is 0 Å². The molecule has 1 aliphatic rings. The SMILES string of the molecule is [CH2]NC(=O)C1CO1. The molecule has 1 amide bonds. The molecule has 0 aromatic heterocycles. The van der Waals surface area contributed by atoms with Gasteiger partial charge in [-0.05, 0) is 0 Å². The van der Waals surface area contributed by atoms with Gasteiger partial charge in [0.2, 0.25) is 0 Å². The van der Waals surface area contributed by atoms with Crippen LogP contribution in [0.5, 0.6) is 0 Å². The Morgan fingerprint density at radius 1 is 2.00 bits per heavy atom. The second-order valence-electron chi connectivity index (χ2n) is 1.36. The Kier molecular flexibility index (Phi) is 0.982. The highest BCUT2D eigenvalue weighted by Crippen LogP contribution is 2.06. The normalized spacial score (nSPS) is 26.7. The Morgan fingerprint density at radius 3 is 2.71 bits per heavy atom. The van der Waals surface area contributed by atoms with E-state index in [1.54, 1.807) is 0 Å². The number of amides is 1. The van der Waals surface area contributed by atoms with Crippen LogP contribution < -0.4 is 5.32 Å². The maximum absolute atomic E-state index is 10.3. The Bertz CT molecular complexity index is 87.7. The van der Waals surface area contributed by atoms with E-state index in [1.165, 1.54) is 0 Å². The van der Waals surface area contributed by atoms with Gasteiger partial charge in [-0.3, -0.25) is 4.79 Å². The van der Waals surface area contributed by atoms with Crippen molar-refractivity contribution in [1.29, 1.82) is 0 Å². The quantitative estimate of drug-likeness (QED) is 0.442. The largest absolute Gasteiger partial charge is 0.363 e. The average molecular weight is 100 g/mol. The average Bonchev–Trinajstić information content (AvgIpc) is 2.44. The van der Waals surface area contributed by atoms with Crippen LogP contribution in [0.15, 0.2) is 0 Å². The summed E-state index contributed by atoms with van der Waals surface area (Å²) < 4.78 is 4.61. The first-order valence-corrected chi connectivity index (χ1v) is 2.03. The van der Waals surface area contributed by atoms with Crippen LogP contribution in [-0.4, -0.2) is 18.6 Å². The van der Waals surface area contributed by atoms with E-state index < -0.39 is 0 Å². The van der Waals surface area contributed by atoms with Crippen LogP contribution in [0.25, 0.3) is 0 Å². The van der Waals surface area contributed by atoms with Gasteiger partial charge in [0, 0.05) is 7.05 Å². The van der Waals surface area contributed by atoms with E-state index in [-0.39, 0.29) is 12.0 Å². The molecule has 0 aliphatic carbocycles. The predicted molar refractivity (Wildman–Crippen MR) is 23.2 cm³/mol. The lowest BCUT2D eigenvalue weighted by Gasteiger charge is -1.86. The summed E-state index contributed by atoms with van der Waals surface area (Å²) >= 11 is 0. The van der Waals surface area contributed by atoms with Crippen molar-refractivity contribution < 1.29 is 9.53 Å². The minimum Gasteiger partial charge on any atom is -0.363 e. The highest BCUT2D eigenvalue weighted by Gasteiger charge is 2.29. The van der Waals surface area contributed by atoms with Gasteiger partial charge in [0.15, 0.2) is 6.10 Å². The van der Waals surface area contributed by atoms with Crippen molar-refractivity contribution >= 4 is 5.91 Å². The first-order chi connectivity index (χ1) is 3.34. The standard InChI is InChI=1S/C4H6NO2/c1-5-4(6)3-2-7-3/h3H,1-2H2,(H,5,6). The summed E-state index contributed by atoms with van der Waals surface area (Å²) in [7, 11) is 3.17. The van der Waals surface area contributed by atoms with Crippen LogP contribution >= 0.6 is 0 Å². The summed E-state index contributed by atoms with van der Waals surface area (Å²) in [5.74, 6) is -0.125. The molecule has 1 fully saturated rings. The molecule has 0 saturated carbocycles. The molecule has 39 valence electrons. The molecule has 3 heteroatoms. The minimum absolute atomic E-state index is 0.125. The van der Waals surface area contributed by atoms with Crippen molar-refractivity contribution in [2.24, 2.45) is 0 Å². The first-order valence-electron chi connectivity index (χ1n) is 2.03. The zero-order valence-corrected chi connectivity index (χ0v) is 3.81. The minimum atomic E-state index is -0.197. The molecule has 0 bridgehead atoms. The van der Waals surface area contributed by atoms with Crippen molar-refractivity contribution in [2.75, 3.05) is 6.61 Å². The smallest absolute Gasteiger partial charge is 0.251 e. The molecule has 1 heterocycles. The van der Waals surface area contributed by atoms with Gasteiger partial charge in [-0.1, -0.05) is 0 Å². The third-order valence-electron chi connectivity index (χ3n) is 0.800. The molecule has 1 unspecified atom stereocenters. The van der Waals surface area contributed by atoms with Gasteiger partial charge in [0.05, 0.1) is 6.61 Å². The molecule has 0 spiro atoms. The van der Waals surface area contributed by atoms with Gasteiger partial charge in [-0.15, -0.1) is 0 Å². The van der Waals surface area contributed by atoms with E-state index in [2.05, 4.69) is 17.1 Å². The van der Waals surface area contributed by atoms with Gasteiger partial charge in [-0.2, -0.15) is 0 Å². The lowest BCUT2D eigenvalue weighted by atomic mass is 10.5. The summed E-state index contributed by atoms with van der Waals surface area (Å²) in [4.78, 5) is 10.3. The van der Waals surface area contributed by atoms with E-state index in [0.717, 1.165) is 0 Å². The topological polar surface area (TPSA) is 41.6 Å². The Balaban J connectivity index is 2.24. The fourth-order valence-corrected chi connectivity index (χ4v) is 0.313. The number of carbonyl (C=O) groups excluding carboxylic acids is 1. The maximum atomic E-state index is 10.3. The lowest BCUT2D eigenvalue weighted by molar-refractivity contribution is -0.121. The zero-order valence-electron chi connectivity index (χ0n) is 3.81. The molecular formula is C4H6NO2. The molecule has 0 aromatic carbocycles. The monoisotopic (exact) mass is 100 g/mol. The van der Waals surface area contributed by atoms with Crippen LogP contribution in [0.4, 0.5) is 0 Å². The summed E-state index contributed by atoms with van der Waals surface area (Å²) in [5.41, 5.74) is 0. The number of hydrogen-bond acceptors (Lipinski definition) is 2.